The van der Waals surface area contributed by atoms with Crippen LogP contribution in [0.4, 0.5) is 0 Å². The first-order chi connectivity index (χ1) is 8.76. The summed E-state index contributed by atoms with van der Waals surface area (Å²) in [5.74, 6) is 0.859. The molecule has 0 aliphatic rings. The van der Waals surface area contributed by atoms with Crippen molar-refractivity contribution in [2.24, 2.45) is 11.5 Å². The number of fused-ring (bicyclic) bond motifs is 1. The molecule has 0 amide bonds. The second-order valence-electron chi connectivity index (χ2n) is 4.55. The zero-order chi connectivity index (χ0) is 13.0. The topological polar surface area (TPSA) is 77.1 Å². The normalized spacial score (nSPS) is 12.2. The number of hydrogen-bond acceptors (Lipinski definition) is 3. The van der Waals surface area contributed by atoms with Crippen molar-refractivity contribution >= 4 is 23.3 Å². The summed E-state index contributed by atoms with van der Waals surface area (Å²) in [6, 6.07) is 6.05. The second-order valence-corrected chi connectivity index (χ2v) is 4.55. The highest BCUT2D eigenvalue weighted by atomic mass is 35.5. The molecule has 0 saturated heterocycles. The first-order valence-electron chi connectivity index (χ1n) is 6.37. The van der Waals surface area contributed by atoms with Gasteiger partial charge in [0, 0.05) is 23.1 Å². The van der Waals surface area contributed by atoms with Gasteiger partial charge >= 0.3 is 0 Å². The van der Waals surface area contributed by atoms with Gasteiger partial charge in [-0.2, -0.15) is 0 Å². The number of nitrogens with one attached hydrogen (secondary N) is 1. The Balaban J connectivity index is 0.00000180. The fraction of sp³-hybridized carbons (Fsp3) is 0.429. The number of rotatable bonds is 6. The number of aromatic amines is 1. The van der Waals surface area contributed by atoms with Gasteiger partial charge in [0.25, 0.3) is 0 Å². The van der Waals surface area contributed by atoms with E-state index in [0.717, 1.165) is 48.0 Å². The van der Waals surface area contributed by atoms with Crippen LogP contribution in [-0.2, 0) is 0 Å². The minimum Gasteiger partial charge on any atom is -0.497 e. The zero-order valence-electron chi connectivity index (χ0n) is 11.2. The first kappa shape index (κ1) is 15.8. The van der Waals surface area contributed by atoms with Crippen LogP contribution < -0.4 is 16.2 Å². The Hall–Kier alpha value is -1.23. The molecular formula is C14H22ClN3O. The van der Waals surface area contributed by atoms with Gasteiger partial charge in [-0.25, -0.2) is 0 Å². The number of H-pyrrole nitrogens is 1. The largest absolute Gasteiger partial charge is 0.497 e. The third kappa shape index (κ3) is 3.62. The van der Waals surface area contributed by atoms with E-state index in [-0.39, 0.29) is 18.4 Å². The Bertz CT molecular complexity index is 512. The summed E-state index contributed by atoms with van der Waals surface area (Å²) in [5.41, 5.74) is 14.0. The molecule has 2 rings (SSSR count). The van der Waals surface area contributed by atoms with E-state index in [0.29, 0.717) is 0 Å². The van der Waals surface area contributed by atoms with Gasteiger partial charge in [0.15, 0.2) is 0 Å². The summed E-state index contributed by atoms with van der Waals surface area (Å²) in [4.78, 5) is 3.25. The Labute approximate surface area is 119 Å². The average molecular weight is 284 g/mol. The van der Waals surface area contributed by atoms with Crippen LogP contribution in [0.2, 0.25) is 0 Å². The minimum absolute atomic E-state index is 0. The number of methoxy groups -OCH3 is 1. The predicted octanol–water partition coefficient (Wildman–Crippen LogP) is 2.73. The van der Waals surface area contributed by atoms with Gasteiger partial charge in [-0.15, -0.1) is 12.4 Å². The number of halogens is 1. The van der Waals surface area contributed by atoms with Crippen LogP contribution >= 0.6 is 12.4 Å². The van der Waals surface area contributed by atoms with E-state index >= 15 is 0 Å². The molecule has 4 nitrogen and oxygen atoms in total. The van der Waals surface area contributed by atoms with E-state index in [9.17, 15) is 0 Å². The lowest BCUT2D eigenvalue weighted by Gasteiger charge is -2.10. The van der Waals surface area contributed by atoms with Crippen LogP contribution in [-0.4, -0.2) is 18.6 Å². The zero-order valence-corrected chi connectivity index (χ0v) is 12.0. The van der Waals surface area contributed by atoms with Gasteiger partial charge < -0.3 is 21.2 Å². The number of hydrogen-bond donors (Lipinski definition) is 3. The Kier molecular flexibility index (Phi) is 6.15. The molecular weight excluding hydrogens is 262 g/mol. The van der Waals surface area contributed by atoms with Crippen molar-refractivity contribution in [1.29, 1.82) is 0 Å². The summed E-state index contributed by atoms with van der Waals surface area (Å²) < 4.78 is 5.25. The molecule has 0 radical (unpaired) electrons. The monoisotopic (exact) mass is 283 g/mol. The summed E-state index contributed by atoms with van der Waals surface area (Å²) in [6.07, 6.45) is 5.05. The quantitative estimate of drug-likeness (QED) is 0.714. The molecule has 0 aliphatic heterocycles. The number of nitrogens with two attached hydrogens (primary N) is 2. The minimum atomic E-state index is 0. The van der Waals surface area contributed by atoms with Crippen LogP contribution in [0.25, 0.3) is 10.9 Å². The summed E-state index contributed by atoms with van der Waals surface area (Å²) in [5, 5.41) is 1.15. The molecule has 0 bridgehead atoms. The molecule has 19 heavy (non-hydrogen) atoms. The standard InChI is InChI=1S/C14H21N3O.ClH/c1-18-10-5-6-14-11(8-10)12(9-17-14)13(16)4-2-3-7-15;/h5-6,8-9,13,17H,2-4,7,15-16H2,1H3;1H/t13-;/m0./s1. The van der Waals surface area contributed by atoms with Crippen molar-refractivity contribution < 1.29 is 4.74 Å². The van der Waals surface area contributed by atoms with Crippen molar-refractivity contribution in [1.82, 2.24) is 4.98 Å². The summed E-state index contributed by atoms with van der Waals surface area (Å²) >= 11 is 0. The van der Waals surface area contributed by atoms with E-state index in [1.807, 2.05) is 24.4 Å². The van der Waals surface area contributed by atoms with E-state index < -0.39 is 0 Å². The molecule has 0 unspecified atom stereocenters. The molecule has 0 saturated carbocycles. The summed E-state index contributed by atoms with van der Waals surface area (Å²) in [7, 11) is 1.68. The maximum absolute atomic E-state index is 6.24. The van der Waals surface area contributed by atoms with Crippen LogP contribution in [0.3, 0.4) is 0 Å². The van der Waals surface area contributed by atoms with Crippen molar-refractivity contribution in [3.8, 4) is 5.75 Å². The van der Waals surface area contributed by atoms with Gasteiger partial charge in [-0.1, -0.05) is 6.42 Å². The lowest BCUT2D eigenvalue weighted by Crippen LogP contribution is -2.10. The van der Waals surface area contributed by atoms with Gasteiger partial charge in [0.05, 0.1) is 7.11 Å². The van der Waals surface area contributed by atoms with E-state index in [1.54, 1.807) is 7.11 Å². The Morgan fingerprint density at radius 1 is 1.32 bits per heavy atom. The van der Waals surface area contributed by atoms with Gasteiger partial charge in [0.2, 0.25) is 0 Å². The number of benzene rings is 1. The maximum Gasteiger partial charge on any atom is 0.119 e. The molecule has 106 valence electrons. The number of ether oxygens (including phenoxy) is 1. The number of aromatic nitrogens is 1. The lowest BCUT2D eigenvalue weighted by atomic mass is 10.0. The van der Waals surface area contributed by atoms with Gasteiger partial charge in [-0.3, -0.25) is 0 Å². The lowest BCUT2D eigenvalue weighted by molar-refractivity contribution is 0.415. The molecule has 1 heterocycles. The fourth-order valence-corrected chi connectivity index (χ4v) is 2.22. The fourth-order valence-electron chi connectivity index (χ4n) is 2.22. The smallest absolute Gasteiger partial charge is 0.119 e. The summed E-state index contributed by atoms with van der Waals surface area (Å²) in [6.45, 7) is 0.731. The molecule has 1 atom stereocenters. The molecule has 5 N–H and O–H groups in total. The highest BCUT2D eigenvalue weighted by Crippen LogP contribution is 2.28. The third-order valence-electron chi connectivity index (χ3n) is 3.29. The molecule has 0 fully saturated rings. The maximum atomic E-state index is 6.24. The Morgan fingerprint density at radius 2 is 2.11 bits per heavy atom. The molecule has 0 spiro atoms. The highest BCUT2D eigenvalue weighted by molar-refractivity contribution is 5.85. The van der Waals surface area contributed by atoms with Crippen LogP contribution in [0.1, 0.15) is 30.9 Å². The second kappa shape index (κ2) is 7.38. The average Bonchev–Trinajstić information content (AvgIpc) is 2.81. The number of unbranched alkanes of at least 4 members (excludes halogenated alkanes) is 1. The predicted molar refractivity (Wildman–Crippen MR) is 81.9 cm³/mol. The van der Waals surface area contributed by atoms with E-state index in [2.05, 4.69) is 4.98 Å². The van der Waals surface area contributed by atoms with E-state index in [1.165, 1.54) is 0 Å². The molecule has 1 aromatic heterocycles. The van der Waals surface area contributed by atoms with Crippen LogP contribution in [0.15, 0.2) is 24.4 Å². The van der Waals surface area contributed by atoms with Crippen molar-refractivity contribution in [2.45, 2.75) is 25.3 Å². The third-order valence-corrected chi connectivity index (χ3v) is 3.29. The highest BCUT2D eigenvalue weighted by Gasteiger charge is 2.12. The van der Waals surface area contributed by atoms with Crippen LogP contribution in [0, 0.1) is 0 Å². The van der Waals surface area contributed by atoms with Crippen molar-refractivity contribution in [3.63, 3.8) is 0 Å². The molecule has 1 aromatic carbocycles. The van der Waals surface area contributed by atoms with Crippen LogP contribution in [0.5, 0.6) is 5.75 Å². The SMILES string of the molecule is COc1ccc2[nH]cc([C@@H](N)CCCCN)c2c1.Cl. The van der Waals surface area contributed by atoms with E-state index in [4.69, 9.17) is 16.2 Å². The van der Waals surface area contributed by atoms with Crippen molar-refractivity contribution in [3.05, 3.63) is 30.0 Å². The van der Waals surface area contributed by atoms with Crippen molar-refractivity contribution in [2.75, 3.05) is 13.7 Å². The molecule has 2 aromatic rings. The first-order valence-corrected chi connectivity index (χ1v) is 6.37. The van der Waals surface area contributed by atoms with Gasteiger partial charge in [-0.05, 0) is 43.1 Å². The molecule has 0 aliphatic carbocycles. The van der Waals surface area contributed by atoms with Gasteiger partial charge in [0.1, 0.15) is 5.75 Å². The molecule has 5 heteroatoms. The Morgan fingerprint density at radius 3 is 2.79 bits per heavy atom.